The Morgan fingerprint density at radius 1 is 1.06 bits per heavy atom. The first-order chi connectivity index (χ1) is 16.6. The predicted octanol–water partition coefficient (Wildman–Crippen LogP) is 4.78. The molecule has 35 heavy (non-hydrogen) atoms. The van der Waals surface area contributed by atoms with Crippen LogP contribution in [0.25, 0.3) is 22.3 Å². The number of nitrogen functional groups attached to an aromatic ring is 2. The second kappa shape index (κ2) is 9.79. The van der Waals surface area contributed by atoms with Crippen LogP contribution in [-0.2, 0) is 6.61 Å². The lowest BCUT2D eigenvalue weighted by Gasteiger charge is -2.26. The van der Waals surface area contributed by atoms with E-state index >= 15 is 0 Å². The Morgan fingerprint density at radius 2 is 1.86 bits per heavy atom. The summed E-state index contributed by atoms with van der Waals surface area (Å²) in [5.41, 5.74) is 15.6. The third kappa shape index (κ3) is 5.46. The van der Waals surface area contributed by atoms with Gasteiger partial charge in [0.15, 0.2) is 5.82 Å². The highest BCUT2D eigenvalue weighted by Gasteiger charge is 2.17. The summed E-state index contributed by atoms with van der Waals surface area (Å²) in [4.78, 5) is 15.5. The van der Waals surface area contributed by atoms with Gasteiger partial charge in [0.25, 0.3) is 0 Å². The Balaban J connectivity index is 1.66. The number of benzene rings is 2. The molecule has 0 bridgehead atoms. The molecule has 2 heterocycles. The van der Waals surface area contributed by atoms with Gasteiger partial charge in [-0.3, -0.25) is 9.88 Å². The maximum atomic E-state index is 6.49. The van der Waals surface area contributed by atoms with Crippen LogP contribution >= 0.6 is 11.6 Å². The minimum Gasteiger partial charge on any atom is -0.486 e. The molecular weight excluding hydrogens is 460 g/mol. The molecule has 0 fully saturated rings. The maximum Gasteiger partial charge on any atom is 0.162 e. The number of halogens is 1. The monoisotopic (exact) mass is 486 g/mol. The zero-order chi connectivity index (χ0) is 25.2. The van der Waals surface area contributed by atoms with E-state index in [2.05, 4.69) is 21.8 Å². The zero-order valence-electron chi connectivity index (χ0n) is 20.1. The molecule has 0 aliphatic heterocycles. The highest BCUT2D eigenvalue weighted by atomic mass is 35.5. The molecule has 178 valence electrons. The van der Waals surface area contributed by atoms with Gasteiger partial charge >= 0.3 is 0 Å². The van der Waals surface area contributed by atoms with Gasteiger partial charge in [-0.25, -0.2) is 9.97 Å². The number of pyridine rings is 1. The molecule has 0 amide bonds. The predicted molar refractivity (Wildman–Crippen MR) is 142 cm³/mol. The third-order valence-corrected chi connectivity index (χ3v) is 6.10. The van der Waals surface area contributed by atoms with E-state index in [-0.39, 0.29) is 5.54 Å². The second-order valence-corrected chi connectivity index (χ2v) is 9.25. The molecule has 0 unspecified atom stereocenters. The first kappa shape index (κ1) is 24.3. The molecule has 0 atom stereocenters. The molecule has 4 N–H and O–H groups in total. The Labute approximate surface area is 210 Å². The molecule has 2 aromatic heterocycles. The summed E-state index contributed by atoms with van der Waals surface area (Å²) >= 11 is 6.49. The van der Waals surface area contributed by atoms with Gasteiger partial charge in [0.1, 0.15) is 18.2 Å². The molecule has 2 aromatic carbocycles. The zero-order valence-corrected chi connectivity index (χ0v) is 20.9. The van der Waals surface area contributed by atoms with Crippen LogP contribution in [0, 0.1) is 11.8 Å². The van der Waals surface area contributed by atoms with Gasteiger partial charge in [0, 0.05) is 28.4 Å². The molecule has 8 heteroatoms. The van der Waals surface area contributed by atoms with Crippen LogP contribution in [0.3, 0.4) is 0 Å². The van der Waals surface area contributed by atoms with E-state index in [1.807, 2.05) is 63.2 Å². The molecule has 4 aromatic rings. The van der Waals surface area contributed by atoms with Crippen molar-refractivity contribution in [1.29, 1.82) is 0 Å². The summed E-state index contributed by atoms with van der Waals surface area (Å²) in [5.74, 6) is 7.78. The lowest BCUT2D eigenvalue weighted by Crippen LogP contribution is -2.36. The van der Waals surface area contributed by atoms with Gasteiger partial charge in [0.2, 0.25) is 0 Å². The molecular formula is C27H27ClN6O. The summed E-state index contributed by atoms with van der Waals surface area (Å²) in [7, 11) is 3.97. The smallest absolute Gasteiger partial charge is 0.162 e. The van der Waals surface area contributed by atoms with E-state index in [0.717, 1.165) is 5.69 Å². The van der Waals surface area contributed by atoms with Gasteiger partial charge in [-0.05, 0) is 70.4 Å². The lowest BCUT2D eigenvalue weighted by molar-refractivity contribution is 0.263. The summed E-state index contributed by atoms with van der Waals surface area (Å²) in [5, 5.41) is 1.11. The van der Waals surface area contributed by atoms with Crippen molar-refractivity contribution in [2.45, 2.75) is 26.0 Å². The minimum absolute atomic E-state index is 0.311. The summed E-state index contributed by atoms with van der Waals surface area (Å²) < 4.78 is 5.82. The van der Waals surface area contributed by atoms with Crippen LogP contribution in [0.2, 0.25) is 5.02 Å². The van der Waals surface area contributed by atoms with E-state index in [1.165, 1.54) is 0 Å². The van der Waals surface area contributed by atoms with Gasteiger partial charge in [-0.1, -0.05) is 29.5 Å². The van der Waals surface area contributed by atoms with E-state index in [0.29, 0.717) is 56.7 Å². The molecule has 0 radical (unpaired) electrons. The molecule has 7 nitrogen and oxygen atoms in total. The van der Waals surface area contributed by atoms with Crippen LogP contribution in [0.5, 0.6) is 5.75 Å². The van der Waals surface area contributed by atoms with E-state index in [1.54, 1.807) is 24.4 Å². The largest absolute Gasteiger partial charge is 0.486 e. The SMILES string of the molecule is CN(C)C(C)(C)C#Cc1cc2nc(-c3ccc(OCc4ccccn4)c(Cl)c3)nc(N)c2cc1N. The summed E-state index contributed by atoms with van der Waals surface area (Å²) in [6, 6.07) is 14.7. The minimum atomic E-state index is -0.311. The van der Waals surface area contributed by atoms with Crippen LogP contribution in [0.4, 0.5) is 11.5 Å². The number of hydrogen-bond acceptors (Lipinski definition) is 7. The highest BCUT2D eigenvalue weighted by molar-refractivity contribution is 6.32. The Bertz CT molecular complexity index is 1440. The Hall–Kier alpha value is -3.86. The average molecular weight is 487 g/mol. The fraction of sp³-hybridized carbons (Fsp3) is 0.222. The van der Waals surface area contributed by atoms with Crippen LogP contribution in [-0.4, -0.2) is 39.5 Å². The fourth-order valence-electron chi connectivity index (χ4n) is 3.18. The van der Waals surface area contributed by atoms with Crippen molar-refractivity contribution < 1.29 is 4.74 Å². The number of ether oxygens (including phenoxy) is 1. The summed E-state index contributed by atoms with van der Waals surface area (Å²) in [6.45, 7) is 4.40. The average Bonchev–Trinajstić information content (AvgIpc) is 2.83. The number of nitrogens with two attached hydrogens (primary N) is 2. The number of rotatable bonds is 5. The van der Waals surface area contributed by atoms with E-state index in [4.69, 9.17) is 32.8 Å². The lowest BCUT2D eigenvalue weighted by atomic mass is 10.0. The van der Waals surface area contributed by atoms with Crippen molar-refractivity contribution in [3.8, 4) is 29.0 Å². The van der Waals surface area contributed by atoms with E-state index in [9.17, 15) is 0 Å². The van der Waals surface area contributed by atoms with Crippen LogP contribution in [0.1, 0.15) is 25.1 Å². The molecule has 0 saturated carbocycles. The quantitative estimate of drug-likeness (QED) is 0.309. The highest BCUT2D eigenvalue weighted by Crippen LogP contribution is 2.32. The number of fused-ring (bicyclic) bond motifs is 1. The summed E-state index contributed by atoms with van der Waals surface area (Å²) in [6.07, 6.45) is 1.72. The second-order valence-electron chi connectivity index (χ2n) is 8.85. The van der Waals surface area contributed by atoms with Crippen molar-refractivity contribution >= 4 is 34.0 Å². The van der Waals surface area contributed by atoms with Gasteiger partial charge in [-0.2, -0.15) is 0 Å². The first-order valence-electron chi connectivity index (χ1n) is 11.0. The van der Waals surface area contributed by atoms with Crippen molar-refractivity contribution in [1.82, 2.24) is 19.9 Å². The Morgan fingerprint density at radius 3 is 2.54 bits per heavy atom. The van der Waals surface area contributed by atoms with Crippen molar-refractivity contribution in [3.63, 3.8) is 0 Å². The third-order valence-electron chi connectivity index (χ3n) is 5.81. The number of anilines is 2. The van der Waals surface area contributed by atoms with Crippen molar-refractivity contribution in [2.24, 2.45) is 0 Å². The first-order valence-corrected chi connectivity index (χ1v) is 11.4. The van der Waals surface area contributed by atoms with Gasteiger partial charge < -0.3 is 16.2 Å². The van der Waals surface area contributed by atoms with Gasteiger partial charge in [-0.15, -0.1) is 0 Å². The van der Waals surface area contributed by atoms with Crippen molar-refractivity contribution in [3.05, 3.63) is 71.0 Å². The molecule has 0 saturated heterocycles. The molecule has 0 aliphatic carbocycles. The maximum absolute atomic E-state index is 6.49. The standard InChI is InChI=1S/C27H27ClN6O/c1-27(2,34(3)4)11-10-17-14-23-20(15-22(17)29)25(30)33-26(32-23)18-8-9-24(21(28)13-18)35-16-19-7-5-6-12-31-19/h5-9,12-15H,16,29H2,1-4H3,(H2,30,32,33). The Kier molecular flexibility index (Phi) is 6.79. The van der Waals surface area contributed by atoms with Gasteiger partial charge in [0.05, 0.1) is 21.8 Å². The van der Waals surface area contributed by atoms with Crippen LogP contribution < -0.4 is 16.2 Å². The molecule has 4 rings (SSSR count). The van der Waals surface area contributed by atoms with E-state index < -0.39 is 0 Å². The fourth-order valence-corrected chi connectivity index (χ4v) is 3.41. The molecule has 0 aliphatic rings. The number of hydrogen-bond donors (Lipinski definition) is 2. The molecule has 0 spiro atoms. The van der Waals surface area contributed by atoms with Crippen LogP contribution in [0.15, 0.2) is 54.7 Å². The number of aromatic nitrogens is 3. The normalized spacial score (nSPS) is 11.4. The van der Waals surface area contributed by atoms with Crippen molar-refractivity contribution in [2.75, 3.05) is 25.6 Å². The number of nitrogens with zero attached hydrogens (tertiary/aromatic N) is 4. The topological polar surface area (TPSA) is 103 Å².